The third-order valence-corrected chi connectivity index (χ3v) is 5.61. The highest BCUT2D eigenvalue weighted by Crippen LogP contribution is 2.32. The first kappa shape index (κ1) is 18.5. The maximum atomic E-state index is 4.83. The summed E-state index contributed by atoms with van der Waals surface area (Å²) in [6.07, 6.45) is 11.6. The first-order valence-electron chi connectivity index (χ1n) is 10.6. The van der Waals surface area contributed by atoms with Gasteiger partial charge in [-0.1, -0.05) is 49.6 Å². The van der Waals surface area contributed by atoms with Crippen LogP contribution in [0.4, 0.5) is 17.5 Å². The van der Waals surface area contributed by atoms with Gasteiger partial charge in [0.15, 0.2) is 17.0 Å². The fraction of sp³-hybridized carbons (Fsp3) is 0.304. The van der Waals surface area contributed by atoms with Gasteiger partial charge in [-0.15, -0.1) is 0 Å². The first-order chi connectivity index (χ1) is 14.9. The number of aromatic nitrogens is 5. The van der Waals surface area contributed by atoms with Gasteiger partial charge in [0, 0.05) is 18.8 Å². The SMILES string of the molecule is c1ccc(CNc2nc(Nc3cccnc3)nc3c2ncn3C2CCCCC2)cc1. The number of rotatable bonds is 6. The molecule has 1 aliphatic rings. The van der Waals surface area contributed by atoms with E-state index in [4.69, 9.17) is 9.97 Å². The van der Waals surface area contributed by atoms with Crippen molar-refractivity contribution >= 4 is 28.6 Å². The van der Waals surface area contributed by atoms with Gasteiger partial charge in [0.2, 0.25) is 5.95 Å². The Kier molecular flexibility index (Phi) is 5.25. The highest BCUT2D eigenvalue weighted by molar-refractivity contribution is 5.84. The molecular weight excluding hydrogens is 374 g/mol. The summed E-state index contributed by atoms with van der Waals surface area (Å²) in [5.74, 6) is 1.29. The summed E-state index contributed by atoms with van der Waals surface area (Å²) in [7, 11) is 0. The lowest BCUT2D eigenvalue weighted by atomic mass is 9.95. The average molecular weight is 400 g/mol. The molecule has 7 nitrogen and oxygen atoms in total. The molecule has 30 heavy (non-hydrogen) atoms. The molecule has 5 rings (SSSR count). The van der Waals surface area contributed by atoms with Crippen molar-refractivity contribution in [2.75, 3.05) is 10.6 Å². The molecule has 3 heterocycles. The first-order valence-corrected chi connectivity index (χ1v) is 10.6. The molecule has 4 aromatic rings. The number of imidazole rings is 1. The quantitative estimate of drug-likeness (QED) is 0.470. The van der Waals surface area contributed by atoms with Crippen molar-refractivity contribution in [3.05, 3.63) is 66.7 Å². The maximum Gasteiger partial charge on any atom is 0.231 e. The van der Waals surface area contributed by atoms with Gasteiger partial charge >= 0.3 is 0 Å². The zero-order valence-corrected chi connectivity index (χ0v) is 16.8. The normalized spacial score (nSPS) is 14.7. The Hall–Kier alpha value is -3.48. The maximum absolute atomic E-state index is 4.83. The Morgan fingerprint density at radius 3 is 2.63 bits per heavy atom. The Balaban J connectivity index is 1.51. The van der Waals surface area contributed by atoms with Gasteiger partial charge < -0.3 is 15.2 Å². The predicted octanol–water partition coefficient (Wildman–Crippen LogP) is 5.08. The van der Waals surface area contributed by atoms with Crippen LogP contribution in [0.15, 0.2) is 61.2 Å². The number of hydrogen-bond acceptors (Lipinski definition) is 6. The van der Waals surface area contributed by atoms with E-state index < -0.39 is 0 Å². The lowest BCUT2D eigenvalue weighted by molar-refractivity contribution is 0.358. The minimum absolute atomic E-state index is 0.451. The fourth-order valence-corrected chi connectivity index (χ4v) is 4.07. The molecule has 1 saturated carbocycles. The topological polar surface area (TPSA) is 80.6 Å². The predicted molar refractivity (Wildman–Crippen MR) is 119 cm³/mol. The lowest BCUT2D eigenvalue weighted by Crippen LogP contribution is -2.13. The van der Waals surface area contributed by atoms with Crippen molar-refractivity contribution in [1.82, 2.24) is 24.5 Å². The van der Waals surface area contributed by atoms with E-state index in [1.165, 1.54) is 37.7 Å². The van der Waals surface area contributed by atoms with Gasteiger partial charge in [-0.2, -0.15) is 9.97 Å². The van der Waals surface area contributed by atoms with E-state index in [0.717, 1.165) is 22.7 Å². The van der Waals surface area contributed by atoms with E-state index in [1.807, 2.05) is 36.7 Å². The highest BCUT2D eigenvalue weighted by Gasteiger charge is 2.21. The van der Waals surface area contributed by atoms with Crippen molar-refractivity contribution in [3.8, 4) is 0 Å². The molecule has 2 N–H and O–H groups in total. The van der Waals surface area contributed by atoms with E-state index in [9.17, 15) is 0 Å². The van der Waals surface area contributed by atoms with Gasteiger partial charge in [0.25, 0.3) is 0 Å². The van der Waals surface area contributed by atoms with Crippen molar-refractivity contribution in [2.45, 2.75) is 44.7 Å². The Bertz CT molecular complexity index is 1100. The standard InChI is InChI=1S/C23H25N7/c1-3-8-17(9-4-1)14-25-21-20-22(30(16-26-20)19-11-5-2-6-12-19)29-23(28-21)27-18-10-7-13-24-15-18/h1,3-4,7-10,13,15-16,19H,2,5-6,11-12,14H2,(H2,25,27,28,29). The summed E-state index contributed by atoms with van der Waals surface area (Å²) in [6.45, 7) is 0.676. The Labute approximate surface area is 175 Å². The summed E-state index contributed by atoms with van der Waals surface area (Å²) in [5.41, 5.74) is 3.74. The highest BCUT2D eigenvalue weighted by atomic mass is 15.2. The monoisotopic (exact) mass is 399 g/mol. The summed E-state index contributed by atoms with van der Waals surface area (Å²) < 4.78 is 2.23. The van der Waals surface area contributed by atoms with Gasteiger partial charge in [-0.25, -0.2) is 4.98 Å². The molecule has 0 spiro atoms. The number of nitrogens with one attached hydrogen (secondary N) is 2. The molecule has 0 atom stereocenters. The summed E-state index contributed by atoms with van der Waals surface area (Å²) >= 11 is 0. The van der Waals surface area contributed by atoms with Crippen LogP contribution in [-0.2, 0) is 6.54 Å². The Morgan fingerprint density at radius 2 is 1.83 bits per heavy atom. The summed E-state index contributed by atoms with van der Waals surface area (Å²) in [4.78, 5) is 18.4. The van der Waals surface area contributed by atoms with Crippen molar-refractivity contribution in [3.63, 3.8) is 0 Å². The van der Waals surface area contributed by atoms with Gasteiger partial charge in [-0.05, 0) is 30.5 Å². The number of benzene rings is 1. The molecule has 7 heteroatoms. The van der Waals surface area contributed by atoms with Gasteiger partial charge in [0.1, 0.15) is 0 Å². The van der Waals surface area contributed by atoms with Crippen molar-refractivity contribution in [1.29, 1.82) is 0 Å². The smallest absolute Gasteiger partial charge is 0.231 e. The Morgan fingerprint density at radius 1 is 0.967 bits per heavy atom. The third-order valence-electron chi connectivity index (χ3n) is 5.61. The van der Waals surface area contributed by atoms with Crippen LogP contribution in [0.2, 0.25) is 0 Å². The van der Waals surface area contributed by atoms with E-state index in [2.05, 4.69) is 37.3 Å². The van der Waals surface area contributed by atoms with Crippen molar-refractivity contribution < 1.29 is 0 Å². The molecule has 152 valence electrons. The van der Waals surface area contributed by atoms with Crippen LogP contribution in [0.5, 0.6) is 0 Å². The van der Waals surface area contributed by atoms with Crippen LogP contribution < -0.4 is 10.6 Å². The number of pyridine rings is 1. The minimum Gasteiger partial charge on any atom is -0.364 e. The molecule has 0 bridgehead atoms. The van der Waals surface area contributed by atoms with E-state index in [1.54, 1.807) is 12.4 Å². The third kappa shape index (κ3) is 3.96. The van der Waals surface area contributed by atoms with Crippen LogP contribution >= 0.6 is 0 Å². The lowest BCUT2D eigenvalue weighted by Gasteiger charge is -2.23. The summed E-state index contributed by atoms with van der Waals surface area (Å²) in [6, 6.07) is 14.6. The van der Waals surface area contributed by atoms with Crippen LogP contribution in [0.3, 0.4) is 0 Å². The molecule has 0 saturated heterocycles. The zero-order chi connectivity index (χ0) is 20.2. The molecule has 3 aromatic heterocycles. The molecule has 0 unspecified atom stereocenters. The minimum atomic E-state index is 0.451. The number of anilines is 3. The molecule has 1 aromatic carbocycles. The second kappa shape index (κ2) is 8.49. The van der Waals surface area contributed by atoms with E-state index in [-0.39, 0.29) is 0 Å². The van der Waals surface area contributed by atoms with Gasteiger partial charge in [-0.3, -0.25) is 4.98 Å². The fourth-order valence-electron chi connectivity index (χ4n) is 4.07. The van der Waals surface area contributed by atoms with Crippen LogP contribution in [-0.4, -0.2) is 24.5 Å². The second-order valence-corrected chi connectivity index (χ2v) is 7.72. The molecule has 1 fully saturated rings. The molecule has 0 radical (unpaired) electrons. The molecular formula is C23H25N7. The van der Waals surface area contributed by atoms with E-state index in [0.29, 0.717) is 18.5 Å². The van der Waals surface area contributed by atoms with Crippen LogP contribution in [0, 0.1) is 0 Å². The number of nitrogens with zero attached hydrogens (tertiary/aromatic N) is 5. The summed E-state index contributed by atoms with van der Waals surface area (Å²) in [5, 5.41) is 6.75. The average Bonchev–Trinajstić information content (AvgIpc) is 3.23. The zero-order valence-electron chi connectivity index (χ0n) is 16.8. The van der Waals surface area contributed by atoms with Crippen molar-refractivity contribution in [2.24, 2.45) is 0 Å². The van der Waals surface area contributed by atoms with Gasteiger partial charge in [0.05, 0.1) is 18.2 Å². The van der Waals surface area contributed by atoms with Crippen LogP contribution in [0.25, 0.3) is 11.2 Å². The molecule has 0 amide bonds. The van der Waals surface area contributed by atoms with E-state index >= 15 is 0 Å². The second-order valence-electron chi connectivity index (χ2n) is 7.72. The largest absolute Gasteiger partial charge is 0.364 e. The molecule has 1 aliphatic carbocycles. The number of hydrogen-bond donors (Lipinski definition) is 2. The number of fused-ring (bicyclic) bond motifs is 1. The van der Waals surface area contributed by atoms with Crippen LogP contribution in [0.1, 0.15) is 43.7 Å². The molecule has 0 aliphatic heterocycles.